The Morgan fingerprint density at radius 1 is 1.22 bits per heavy atom. The second kappa shape index (κ2) is 6.36. The van der Waals surface area contributed by atoms with E-state index in [1.807, 2.05) is 17.5 Å². The van der Waals surface area contributed by atoms with E-state index >= 15 is 0 Å². The highest BCUT2D eigenvalue weighted by atomic mass is 32.1. The van der Waals surface area contributed by atoms with Crippen LogP contribution in [0.4, 0.5) is 0 Å². The van der Waals surface area contributed by atoms with Crippen molar-refractivity contribution < 1.29 is 4.79 Å². The molecule has 3 heteroatoms. The first-order valence-electron chi connectivity index (χ1n) is 6.08. The summed E-state index contributed by atoms with van der Waals surface area (Å²) in [5.41, 5.74) is 2.47. The highest BCUT2D eigenvalue weighted by Crippen LogP contribution is 2.08. The van der Waals surface area contributed by atoms with Crippen molar-refractivity contribution >= 4 is 17.2 Å². The minimum absolute atomic E-state index is 0.115. The first-order chi connectivity index (χ1) is 8.74. The molecule has 2 rings (SSSR count). The molecule has 0 aliphatic heterocycles. The average Bonchev–Trinajstić information content (AvgIpc) is 2.89. The molecule has 18 heavy (non-hydrogen) atoms. The van der Waals surface area contributed by atoms with E-state index in [2.05, 4.69) is 36.5 Å². The summed E-state index contributed by atoms with van der Waals surface area (Å²) >= 11 is 1.67. The predicted octanol–water partition coefficient (Wildman–Crippen LogP) is 3.31. The molecular formula is C15H17NOS. The minimum Gasteiger partial charge on any atom is -0.351 e. The van der Waals surface area contributed by atoms with Crippen molar-refractivity contribution in [2.75, 3.05) is 0 Å². The number of carbonyl (C=O) groups excluding carboxylic acids is 1. The van der Waals surface area contributed by atoms with Crippen LogP contribution in [0.5, 0.6) is 0 Å². The zero-order chi connectivity index (χ0) is 12.8. The van der Waals surface area contributed by atoms with E-state index in [1.54, 1.807) is 11.3 Å². The molecule has 1 heterocycles. The molecule has 1 aromatic heterocycles. The molecule has 1 N–H and O–H groups in total. The number of hydrogen-bond donors (Lipinski definition) is 1. The lowest BCUT2D eigenvalue weighted by Gasteiger charge is -2.04. The van der Waals surface area contributed by atoms with Crippen LogP contribution in [0.3, 0.4) is 0 Å². The van der Waals surface area contributed by atoms with Crippen LogP contribution in [-0.2, 0) is 17.8 Å². The molecular weight excluding hydrogens is 242 g/mol. The van der Waals surface area contributed by atoms with Gasteiger partial charge in [0, 0.05) is 11.3 Å². The molecule has 0 aliphatic rings. The molecule has 0 saturated heterocycles. The van der Waals surface area contributed by atoms with Gasteiger partial charge in [0.05, 0.1) is 6.54 Å². The third kappa shape index (κ3) is 4.00. The molecule has 1 aromatic carbocycles. The standard InChI is InChI=1S/C15H17NOS/c1-12-4-6-13(7-5-12)8-9-15(17)16-11-14-3-2-10-18-14/h2-7,10H,8-9,11H2,1H3,(H,16,17). The van der Waals surface area contributed by atoms with Crippen molar-refractivity contribution in [3.05, 3.63) is 57.8 Å². The van der Waals surface area contributed by atoms with Gasteiger partial charge in [-0.2, -0.15) is 0 Å². The van der Waals surface area contributed by atoms with Gasteiger partial charge in [0.25, 0.3) is 0 Å². The van der Waals surface area contributed by atoms with Crippen molar-refractivity contribution in [1.82, 2.24) is 5.32 Å². The number of amides is 1. The molecule has 0 spiro atoms. The molecule has 94 valence electrons. The summed E-state index contributed by atoms with van der Waals surface area (Å²) in [7, 11) is 0. The summed E-state index contributed by atoms with van der Waals surface area (Å²) in [5, 5.41) is 4.96. The molecule has 0 fully saturated rings. The maximum Gasteiger partial charge on any atom is 0.220 e. The Balaban J connectivity index is 1.73. The van der Waals surface area contributed by atoms with Crippen molar-refractivity contribution in [2.45, 2.75) is 26.3 Å². The van der Waals surface area contributed by atoms with Gasteiger partial charge in [-0.05, 0) is 30.4 Å². The number of benzene rings is 1. The molecule has 0 aliphatic carbocycles. The molecule has 1 amide bonds. The number of nitrogens with one attached hydrogen (secondary N) is 1. The largest absolute Gasteiger partial charge is 0.351 e. The molecule has 2 nitrogen and oxygen atoms in total. The van der Waals surface area contributed by atoms with E-state index in [-0.39, 0.29) is 5.91 Å². The zero-order valence-electron chi connectivity index (χ0n) is 10.5. The molecule has 0 atom stereocenters. The molecule has 2 aromatic rings. The van der Waals surface area contributed by atoms with Crippen LogP contribution < -0.4 is 5.32 Å². The third-order valence-electron chi connectivity index (χ3n) is 2.80. The average molecular weight is 259 g/mol. The molecule has 0 radical (unpaired) electrons. The topological polar surface area (TPSA) is 29.1 Å². The minimum atomic E-state index is 0.115. The summed E-state index contributed by atoms with van der Waals surface area (Å²) in [4.78, 5) is 12.9. The summed E-state index contributed by atoms with van der Waals surface area (Å²) in [6.45, 7) is 2.71. The third-order valence-corrected chi connectivity index (χ3v) is 3.68. The maximum absolute atomic E-state index is 11.7. The van der Waals surface area contributed by atoms with Gasteiger partial charge in [0.15, 0.2) is 0 Å². The number of rotatable bonds is 5. The Morgan fingerprint density at radius 2 is 2.00 bits per heavy atom. The van der Waals surface area contributed by atoms with Crippen molar-refractivity contribution in [3.8, 4) is 0 Å². The summed E-state index contributed by atoms with van der Waals surface area (Å²) in [5.74, 6) is 0.115. The summed E-state index contributed by atoms with van der Waals surface area (Å²) in [6, 6.07) is 12.4. The highest BCUT2D eigenvalue weighted by Gasteiger charge is 2.02. The quantitative estimate of drug-likeness (QED) is 0.877. The highest BCUT2D eigenvalue weighted by molar-refractivity contribution is 7.09. The van der Waals surface area contributed by atoms with Crippen LogP contribution in [0.1, 0.15) is 22.4 Å². The lowest BCUT2D eigenvalue weighted by Crippen LogP contribution is -2.22. The first-order valence-corrected chi connectivity index (χ1v) is 6.96. The fraction of sp³-hybridized carbons (Fsp3) is 0.267. The van der Waals surface area contributed by atoms with Gasteiger partial charge in [0.2, 0.25) is 5.91 Å². The Kier molecular flexibility index (Phi) is 4.53. The van der Waals surface area contributed by atoms with Gasteiger partial charge in [-0.15, -0.1) is 11.3 Å². The Hall–Kier alpha value is -1.61. The smallest absolute Gasteiger partial charge is 0.220 e. The number of hydrogen-bond acceptors (Lipinski definition) is 2. The summed E-state index contributed by atoms with van der Waals surface area (Å²) < 4.78 is 0. The van der Waals surface area contributed by atoms with Gasteiger partial charge in [-0.1, -0.05) is 35.9 Å². The van der Waals surface area contributed by atoms with Gasteiger partial charge in [-0.25, -0.2) is 0 Å². The SMILES string of the molecule is Cc1ccc(CCC(=O)NCc2cccs2)cc1. The molecule has 0 saturated carbocycles. The Morgan fingerprint density at radius 3 is 2.67 bits per heavy atom. The van der Waals surface area contributed by atoms with Crippen LogP contribution in [-0.4, -0.2) is 5.91 Å². The number of thiophene rings is 1. The lowest BCUT2D eigenvalue weighted by molar-refractivity contribution is -0.121. The molecule has 0 bridgehead atoms. The second-order valence-electron chi connectivity index (χ2n) is 4.34. The first kappa shape index (κ1) is 12.8. The zero-order valence-corrected chi connectivity index (χ0v) is 11.3. The van der Waals surface area contributed by atoms with Gasteiger partial charge >= 0.3 is 0 Å². The predicted molar refractivity (Wildman–Crippen MR) is 75.7 cm³/mol. The van der Waals surface area contributed by atoms with Crippen LogP contribution in [0, 0.1) is 6.92 Å². The van der Waals surface area contributed by atoms with Crippen LogP contribution in [0.2, 0.25) is 0 Å². The fourth-order valence-corrected chi connectivity index (χ4v) is 2.34. The van der Waals surface area contributed by atoms with Crippen molar-refractivity contribution in [1.29, 1.82) is 0 Å². The van der Waals surface area contributed by atoms with Gasteiger partial charge < -0.3 is 5.32 Å². The maximum atomic E-state index is 11.7. The monoisotopic (exact) mass is 259 g/mol. The number of aryl methyl sites for hydroxylation is 2. The fourth-order valence-electron chi connectivity index (χ4n) is 1.70. The van der Waals surface area contributed by atoms with Crippen LogP contribution in [0.15, 0.2) is 41.8 Å². The lowest BCUT2D eigenvalue weighted by atomic mass is 10.1. The van der Waals surface area contributed by atoms with E-state index < -0.39 is 0 Å². The van der Waals surface area contributed by atoms with Crippen LogP contribution in [0.25, 0.3) is 0 Å². The van der Waals surface area contributed by atoms with Crippen molar-refractivity contribution in [2.24, 2.45) is 0 Å². The van der Waals surface area contributed by atoms with Gasteiger partial charge in [-0.3, -0.25) is 4.79 Å². The summed E-state index contributed by atoms with van der Waals surface area (Å²) in [6.07, 6.45) is 1.35. The Labute approximate surface area is 112 Å². The van der Waals surface area contributed by atoms with Crippen molar-refractivity contribution in [3.63, 3.8) is 0 Å². The van der Waals surface area contributed by atoms with Gasteiger partial charge in [0.1, 0.15) is 0 Å². The molecule has 0 unspecified atom stereocenters. The van der Waals surface area contributed by atoms with E-state index in [0.29, 0.717) is 13.0 Å². The van der Waals surface area contributed by atoms with E-state index in [0.717, 1.165) is 6.42 Å². The normalized spacial score (nSPS) is 10.3. The van der Waals surface area contributed by atoms with E-state index in [9.17, 15) is 4.79 Å². The Bertz CT molecular complexity index is 488. The van der Waals surface area contributed by atoms with Crippen LogP contribution >= 0.6 is 11.3 Å². The van der Waals surface area contributed by atoms with E-state index in [4.69, 9.17) is 0 Å². The van der Waals surface area contributed by atoms with E-state index in [1.165, 1.54) is 16.0 Å². The number of carbonyl (C=O) groups is 1. The second-order valence-corrected chi connectivity index (χ2v) is 5.37.